The fraction of sp³-hybridized carbons (Fsp3) is 0.600. The van der Waals surface area contributed by atoms with Crippen LogP contribution in [-0.2, 0) is 11.2 Å². The number of rotatable bonds is 5. The van der Waals surface area contributed by atoms with E-state index in [1.54, 1.807) is 7.11 Å². The molecule has 0 aromatic heterocycles. The average molecular weight is 246 g/mol. The van der Waals surface area contributed by atoms with Gasteiger partial charge in [-0.25, -0.2) is 0 Å². The number of para-hydroxylation sites is 1. The number of methoxy groups -OCH3 is 1. The first kappa shape index (κ1) is 12.0. The summed E-state index contributed by atoms with van der Waals surface area (Å²) >= 11 is 0. The maximum atomic E-state index is 6.15. The largest absolute Gasteiger partial charge is 0.382 e. The van der Waals surface area contributed by atoms with Crippen LogP contribution in [0.1, 0.15) is 18.4 Å². The highest BCUT2D eigenvalue weighted by Gasteiger charge is 2.49. The van der Waals surface area contributed by atoms with Crippen molar-refractivity contribution in [1.29, 1.82) is 0 Å². The smallest absolute Gasteiger partial charge is 0.0784 e. The minimum absolute atomic E-state index is 0.0152. The van der Waals surface area contributed by atoms with Gasteiger partial charge in [0.1, 0.15) is 0 Å². The summed E-state index contributed by atoms with van der Waals surface area (Å²) in [6.07, 6.45) is 3.72. The third-order valence-corrected chi connectivity index (χ3v) is 4.51. The zero-order valence-corrected chi connectivity index (χ0v) is 11.1. The van der Waals surface area contributed by atoms with Gasteiger partial charge in [0.15, 0.2) is 0 Å². The number of anilines is 1. The van der Waals surface area contributed by atoms with E-state index in [1.165, 1.54) is 24.1 Å². The second kappa shape index (κ2) is 4.56. The maximum absolute atomic E-state index is 6.15. The Hall–Kier alpha value is -1.06. The molecular weight excluding hydrogens is 224 g/mol. The lowest BCUT2D eigenvalue weighted by Crippen LogP contribution is -2.58. The number of hydrogen-bond acceptors (Lipinski definition) is 3. The van der Waals surface area contributed by atoms with Gasteiger partial charge in [-0.3, -0.25) is 0 Å². The summed E-state index contributed by atoms with van der Waals surface area (Å²) in [5.41, 5.74) is 8.98. The summed E-state index contributed by atoms with van der Waals surface area (Å²) in [6, 6.07) is 8.71. The molecule has 2 N–H and O–H groups in total. The van der Waals surface area contributed by atoms with Gasteiger partial charge in [0.05, 0.1) is 12.1 Å². The lowest BCUT2D eigenvalue weighted by atomic mass is 9.91. The molecule has 2 aliphatic rings. The minimum atomic E-state index is 0.0152. The van der Waals surface area contributed by atoms with Gasteiger partial charge in [-0.05, 0) is 36.8 Å². The number of ether oxygens (including phenoxy) is 1. The van der Waals surface area contributed by atoms with Crippen molar-refractivity contribution in [3.63, 3.8) is 0 Å². The molecule has 1 aromatic rings. The predicted octanol–water partition coefficient (Wildman–Crippen LogP) is 1.80. The molecule has 0 radical (unpaired) electrons. The summed E-state index contributed by atoms with van der Waals surface area (Å²) in [4.78, 5) is 2.52. The lowest BCUT2D eigenvalue weighted by molar-refractivity contribution is 0.118. The Kier molecular flexibility index (Phi) is 3.04. The van der Waals surface area contributed by atoms with E-state index in [0.29, 0.717) is 12.5 Å². The van der Waals surface area contributed by atoms with Crippen molar-refractivity contribution < 1.29 is 4.74 Å². The van der Waals surface area contributed by atoms with Crippen molar-refractivity contribution in [3.05, 3.63) is 29.8 Å². The van der Waals surface area contributed by atoms with Crippen molar-refractivity contribution in [2.75, 3.05) is 31.7 Å². The van der Waals surface area contributed by atoms with E-state index < -0.39 is 0 Å². The molecule has 0 amide bonds. The van der Waals surface area contributed by atoms with Gasteiger partial charge in [0.25, 0.3) is 0 Å². The van der Waals surface area contributed by atoms with Gasteiger partial charge in [-0.15, -0.1) is 0 Å². The van der Waals surface area contributed by atoms with Crippen LogP contribution in [0.3, 0.4) is 0 Å². The first-order chi connectivity index (χ1) is 8.81. The molecule has 0 bridgehead atoms. The predicted molar refractivity (Wildman–Crippen MR) is 73.9 cm³/mol. The highest BCUT2D eigenvalue weighted by molar-refractivity contribution is 5.60. The van der Waals surface area contributed by atoms with Crippen molar-refractivity contribution in [3.8, 4) is 0 Å². The Morgan fingerprint density at radius 3 is 2.83 bits per heavy atom. The highest BCUT2D eigenvalue weighted by Crippen LogP contribution is 2.46. The van der Waals surface area contributed by atoms with Crippen LogP contribution >= 0.6 is 0 Å². The van der Waals surface area contributed by atoms with E-state index >= 15 is 0 Å². The number of nitrogens with zero attached hydrogens (tertiary/aromatic N) is 1. The Bertz CT molecular complexity index is 430. The van der Waals surface area contributed by atoms with Crippen LogP contribution in [0.25, 0.3) is 0 Å². The molecule has 1 aliphatic carbocycles. The second-order valence-corrected chi connectivity index (χ2v) is 5.55. The van der Waals surface area contributed by atoms with E-state index in [4.69, 9.17) is 10.5 Å². The van der Waals surface area contributed by atoms with Crippen LogP contribution in [0, 0.1) is 5.92 Å². The number of benzene rings is 1. The molecule has 1 atom stereocenters. The van der Waals surface area contributed by atoms with Crippen LogP contribution in [0.4, 0.5) is 5.69 Å². The Morgan fingerprint density at radius 2 is 2.17 bits per heavy atom. The third kappa shape index (κ3) is 1.73. The van der Waals surface area contributed by atoms with Crippen molar-refractivity contribution in [2.45, 2.75) is 24.8 Å². The molecule has 1 heterocycles. The lowest BCUT2D eigenvalue weighted by Gasteiger charge is -2.43. The Labute approximate surface area is 109 Å². The molecule has 1 fully saturated rings. The first-order valence-electron chi connectivity index (χ1n) is 6.86. The summed E-state index contributed by atoms with van der Waals surface area (Å²) in [5.74, 6) is 0.702. The first-order valence-corrected chi connectivity index (χ1v) is 6.86. The fourth-order valence-electron chi connectivity index (χ4n) is 3.42. The molecule has 3 rings (SSSR count). The van der Waals surface area contributed by atoms with E-state index in [9.17, 15) is 0 Å². The second-order valence-electron chi connectivity index (χ2n) is 5.55. The van der Waals surface area contributed by atoms with Gasteiger partial charge in [-0.1, -0.05) is 18.2 Å². The van der Waals surface area contributed by atoms with E-state index in [0.717, 1.165) is 19.6 Å². The van der Waals surface area contributed by atoms with Crippen LogP contribution in [0.15, 0.2) is 24.3 Å². The molecule has 0 spiro atoms. The minimum Gasteiger partial charge on any atom is -0.382 e. The van der Waals surface area contributed by atoms with Crippen LogP contribution in [-0.4, -0.2) is 32.3 Å². The third-order valence-electron chi connectivity index (χ3n) is 4.51. The molecule has 1 aliphatic heterocycles. The fourth-order valence-corrected chi connectivity index (χ4v) is 3.42. The molecule has 98 valence electrons. The van der Waals surface area contributed by atoms with Gasteiger partial charge >= 0.3 is 0 Å². The van der Waals surface area contributed by atoms with Crippen molar-refractivity contribution in [2.24, 2.45) is 11.7 Å². The van der Waals surface area contributed by atoms with E-state index in [1.807, 2.05) is 0 Å². The van der Waals surface area contributed by atoms with Crippen LogP contribution < -0.4 is 10.6 Å². The SMILES string of the molecule is COCC(CN)(C1CC1)N1CCc2ccccc21. The molecule has 1 unspecified atom stereocenters. The van der Waals surface area contributed by atoms with Crippen molar-refractivity contribution in [1.82, 2.24) is 0 Å². The zero-order chi connectivity index (χ0) is 12.6. The monoisotopic (exact) mass is 246 g/mol. The Balaban J connectivity index is 1.97. The summed E-state index contributed by atoms with van der Waals surface area (Å²) in [5, 5.41) is 0. The van der Waals surface area contributed by atoms with Crippen LogP contribution in [0.2, 0.25) is 0 Å². The maximum Gasteiger partial charge on any atom is 0.0784 e. The number of nitrogens with two attached hydrogens (primary N) is 1. The normalized spacial score (nSPS) is 21.8. The average Bonchev–Trinajstić information content (AvgIpc) is 3.16. The molecule has 1 saturated carbocycles. The molecule has 0 saturated heterocycles. The van der Waals surface area contributed by atoms with E-state index in [-0.39, 0.29) is 5.54 Å². The molecular formula is C15H22N2O. The van der Waals surface area contributed by atoms with E-state index in [2.05, 4.69) is 29.2 Å². The number of hydrogen-bond donors (Lipinski definition) is 1. The molecule has 1 aromatic carbocycles. The van der Waals surface area contributed by atoms with Gasteiger partial charge in [0, 0.05) is 25.9 Å². The summed E-state index contributed by atoms with van der Waals surface area (Å²) in [6.45, 7) is 2.50. The molecule has 3 heteroatoms. The quantitative estimate of drug-likeness (QED) is 0.861. The molecule has 3 nitrogen and oxygen atoms in total. The number of fused-ring (bicyclic) bond motifs is 1. The Morgan fingerprint density at radius 1 is 1.39 bits per heavy atom. The summed E-state index contributed by atoms with van der Waals surface area (Å²) in [7, 11) is 1.79. The standard InChI is InChI=1S/C15H22N2O/c1-18-11-15(10-16,13-6-7-13)17-9-8-12-4-2-3-5-14(12)17/h2-5,13H,6-11,16H2,1H3. The highest BCUT2D eigenvalue weighted by atomic mass is 16.5. The van der Waals surface area contributed by atoms with Gasteiger partial charge < -0.3 is 15.4 Å². The van der Waals surface area contributed by atoms with Crippen molar-refractivity contribution >= 4 is 5.69 Å². The molecule has 18 heavy (non-hydrogen) atoms. The zero-order valence-electron chi connectivity index (χ0n) is 11.1. The topological polar surface area (TPSA) is 38.5 Å². The van der Waals surface area contributed by atoms with Crippen LogP contribution in [0.5, 0.6) is 0 Å². The van der Waals surface area contributed by atoms with Gasteiger partial charge in [0.2, 0.25) is 0 Å². The summed E-state index contributed by atoms with van der Waals surface area (Å²) < 4.78 is 5.51. The van der Waals surface area contributed by atoms with Gasteiger partial charge in [-0.2, -0.15) is 0 Å².